The smallest absolute Gasteiger partial charge is 0.226 e. The fourth-order valence-electron chi connectivity index (χ4n) is 2.71. The summed E-state index contributed by atoms with van der Waals surface area (Å²) in [5.74, 6) is 0.0315. The number of halogens is 1. The summed E-state index contributed by atoms with van der Waals surface area (Å²) in [5, 5.41) is 5.58. The molecule has 0 aliphatic heterocycles. The number of unbranched alkanes of at least 4 members (excludes halogenated alkanes) is 1. The Morgan fingerprint density at radius 1 is 1.11 bits per heavy atom. The van der Waals surface area contributed by atoms with Gasteiger partial charge in [-0.15, -0.1) is 11.3 Å². The minimum atomic E-state index is 0. The first-order valence-electron chi connectivity index (χ1n) is 8.89. The minimum Gasteiger partial charge on any atom is -1.00 e. The number of rotatable bonds is 7. The SMILES string of the molecule is Cc1ccc(-c2csc(NC(=O)CCCC[n+]3ccccc3)n2)cc1C.[Br-]. The van der Waals surface area contributed by atoms with E-state index in [2.05, 4.69) is 46.9 Å². The quantitative estimate of drug-likeness (QED) is 0.442. The molecule has 0 bridgehead atoms. The number of pyridine rings is 1. The van der Waals surface area contributed by atoms with Gasteiger partial charge in [0.05, 0.1) is 5.69 Å². The molecule has 142 valence electrons. The Morgan fingerprint density at radius 3 is 2.63 bits per heavy atom. The fourth-order valence-corrected chi connectivity index (χ4v) is 3.45. The van der Waals surface area contributed by atoms with Crippen molar-refractivity contribution in [2.24, 2.45) is 0 Å². The van der Waals surface area contributed by atoms with Gasteiger partial charge < -0.3 is 22.3 Å². The lowest BCUT2D eigenvalue weighted by molar-refractivity contribution is -0.697. The molecule has 0 unspecified atom stereocenters. The second kappa shape index (κ2) is 10.3. The van der Waals surface area contributed by atoms with E-state index in [4.69, 9.17) is 0 Å². The Morgan fingerprint density at radius 2 is 1.89 bits per heavy atom. The monoisotopic (exact) mass is 445 g/mol. The molecule has 1 amide bonds. The van der Waals surface area contributed by atoms with E-state index in [0.29, 0.717) is 11.6 Å². The molecule has 0 fully saturated rings. The molecule has 0 atom stereocenters. The van der Waals surface area contributed by atoms with Gasteiger partial charge in [-0.2, -0.15) is 0 Å². The Hall–Kier alpha value is -2.05. The number of aromatic nitrogens is 2. The number of thiazole rings is 1. The highest BCUT2D eigenvalue weighted by molar-refractivity contribution is 7.14. The molecule has 4 nitrogen and oxygen atoms in total. The topological polar surface area (TPSA) is 45.9 Å². The molecule has 0 saturated carbocycles. The molecule has 2 aromatic heterocycles. The summed E-state index contributed by atoms with van der Waals surface area (Å²) in [6.07, 6.45) is 6.46. The zero-order chi connectivity index (χ0) is 18.4. The van der Waals surface area contributed by atoms with Crippen LogP contribution in [0.25, 0.3) is 11.3 Å². The van der Waals surface area contributed by atoms with Crippen molar-refractivity contribution in [1.82, 2.24) is 4.98 Å². The number of carbonyl (C=O) groups is 1. The number of carbonyl (C=O) groups excluding carboxylic acids is 1. The van der Waals surface area contributed by atoms with Gasteiger partial charge in [-0.25, -0.2) is 9.55 Å². The van der Waals surface area contributed by atoms with Crippen LogP contribution >= 0.6 is 11.3 Å². The van der Waals surface area contributed by atoms with E-state index in [1.165, 1.54) is 22.5 Å². The molecule has 0 radical (unpaired) electrons. The van der Waals surface area contributed by atoms with Gasteiger partial charge in [-0.05, 0) is 37.5 Å². The van der Waals surface area contributed by atoms with Crippen LogP contribution in [0.15, 0.2) is 54.2 Å². The standard InChI is InChI=1S/C21H23N3OS.BrH/c1-16-9-10-18(14-17(16)2)19-15-26-21(22-19)23-20(25)8-4-7-13-24-11-5-3-6-12-24;/h3,5-6,9-12,14-15H,4,7-8,13H2,1-2H3;1H. The first-order chi connectivity index (χ1) is 12.6. The van der Waals surface area contributed by atoms with E-state index < -0.39 is 0 Å². The Balaban J connectivity index is 0.00000261. The van der Waals surface area contributed by atoms with E-state index in [9.17, 15) is 4.79 Å². The van der Waals surface area contributed by atoms with E-state index in [1.54, 1.807) is 0 Å². The van der Waals surface area contributed by atoms with Crippen LogP contribution in [0.5, 0.6) is 0 Å². The normalized spacial score (nSPS) is 10.3. The molecule has 2 heterocycles. The number of nitrogens with zero attached hydrogens (tertiary/aromatic N) is 2. The molecule has 1 N–H and O–H groups in total. The molecule has 27 heavy (non-hydrogen) atoms. The molecule has 3 rings (SSSR count). The fraction of sp³-hybridized carbons (Fsp3) is 0.286. The van der Waals surface area contributed by atoms with Crippen LogP contribution in [0, 0.1) is 13.8 Å². The molecule has 3 aromatic rings. The van der Waals surface area contributed by atoms with Crippen LogP contribution in [0.4, 0.5) is 5.13 Å². The number of benzene rings is 1. The maximum atomic E-state index is 12.1. The third kappa shape index (κ3) is 6.26. The van der Waals surface area contributed by atoms with Crippen molar-refractivity contribution in [1.29, 1.82) is 0 Å². The predicted molar refractivity (Wildman–Crippen MR) is 106 cm³/mol. The van der Waals surface area contributed by atoms with Gasteiger partial charge in [0.25, 0.3) is 0 Å². The summed E-state index contributed by atoms with van der Waals surface area (Å²) in [6.45, 7) is 5.13. The second-order valence-electron chi connectivity index (χ2n) is 6.46. The highest BCUT2D eigenvalue weighted by Crippen LogP contribution is 2.26. The van der Waals surface area contributed by atoms with Crippen molar-refractivity contribution in [2.45, 2.75) is 39.7 Å². The van der Waals surface area contributed by atoms with Crippen molar-refractivity contribution in [3.05, 3.63) is 65.3 Å². The molecule has 6 heteroatoms. The van der Waals surface area contributed by atoms with Crippen molar-refractivity contribution in [3.63, 3.8) is 0 Å². The lowest BCUT2D eigenvalue weighted by Crippen LogP contribution is -3.00. The highest BCUT2D eigenvalue weighted by atomic mass is 79.9. The van der Waals surface area contributed by atoms with Crippen LogP contribution in [-0.4, -0.2) is 10.9 Å². The average molecular weight is 446 g/mol. The lowest BCUT2D eigenvalue weighted by atomic mass is 10.1. The molecule has 0 spiro atoms. The molecular weight excluding hydrogens is 422 g/mol. The summed E-state index contributed by atoms with van der Waals surface area (Å²) in [7, 11) is 0. The number of hydrogen-bond donors (Lipinski definition) is 1. The van der Waals surface area contributed by atoms with Crippen LogP contribution in [0.2, 0.25) is 0 Å². The van der Waals surface area contributed by atoms with Crippen LogP contribution in [0.1, 0.15) is 30.4 Å². The molecular formula is C21H24BrN3OS. The first kappa shape index (κ1) is 21.3. The van der Waals surface area contributed by atoms with Gasteiger partial charge in [0.2, 0.25) is 5.91 Å². The summed E-state index contributed by atoms with van der Waals surface area (Å²) in [5.41, 5.74) is 4.52. The van der Waals surface area contributed by atoms with Gasteiger partial charge in [0.15, 0.2) is 17.5 Å². The number of aryl methyl sites for hydroxylation is 3. The third-order valence-electron chi connectivity index (χ3n) is 4.40. The average Bonchev–Trinajstić information content (AvgIpc) is 3.10. The summed E-state index contributed by atoms with van der Waals surface area (Å²) < 4.78 is 2.13. The zero-order valence-electron chi connectivity index (χ0n) is 15.6. The van der Waals surface area contributed by atoms with Gasteiger partial charge in [0, 0.05) is 35.9 Å². The molecule has 0 saturated heterocycles. The Labute approximate surface area is 175 Å². The largest absolute Gasteiger partial charge is 1.00 e. The summed E-state index contributed by atoms with van der Waals surface area (Å²) >= 11 is 1.47. The Bertz CT molecular complexity index is 880. The molecule has 0 aliphatic rings. The third-order valence-corrected chi connectivity index (χ3v) is 5.16. The number of nitrogens with one attached hydrogen (secondary N) is 1. The van der Waals surface area contributed by atoms with E-state index in [0.717, 1.165) is 30.6 Å². The lowest BCUT2D eigenvalue weighted by Gasteiger charge is -2.03. The second-order valence-corrected chi connectivity index (χ2v) is 7.31. The highest BCUT2D eigenvalue weighted by Gasteiger charge is 2.09. The van der Waals surface area contributed by atoms with Crippen molar-refractivity contribution >= 4 is 22.4 Å². The number of amides is 1. The molecule has 0 aliphatic carbocycles. The Kier molecular flexibility index (Phi) is 8.13. The minimum absolute atomic E-state index is 0. The van der Waals surface area contributed by atoms with Gasteiger partial charge >= 0.3 is 0 Å². The maximum absolute atomic E-state index is 12.1. The van der Waals surface area contributed by atoms with Crippen molar-refractivity contribution in [2.75, 3.05) is 5.32 Å². The molecule has 1 aromatic carbocycles. The van der Waals surface area contributed by atoms with Gasteiger partial charge in [-0.3, -0.25) is 4.79 Å². The van der Waals surface area contributed by atoms with Crippen LogP contribution in [0.3, 0.4) is 0 Å². The predicted octanol–water partition coefficient (Wildman–Crippen LogP) is 1.53. The van der Waals surface area contributed by atoms with Crippen LogP contribution < -0.4 is 26.9 Å². The van der Waals surface area contributed by atoms with Gasteiger partial charge in [-0.1, -0.05) is 18.2 Å². The number of hydrogen-bond acceptors (Lipinski definition) is 3. The van der Waals surface area contributed by atoms with Gasteiger partial charge in [0.1, 0.15) is 6.54 Å². The summed E-state index contributed by atoms with van der Waals surface area (Å²) in [4.78, 5) is 16.7. The maximum Gasteiger partial charge on any atom is 0.226 e. The van der Waals surface area contributed by atoms with E-state index in [1.807, 2.05) is 36.0 Å². The zero-order valence-corrected chi connectivity index (χ0v) is 18.0. The first-order valence-corrected chi connectivity index (χ1v) is 9.77. The van der Waals surface area contributed by atoms with Crippen molar-refractivity contribution in [3.8, 4) is 11.3 Å². The van der Waals surface area contributed by atoms with Crippen molar-refractivity contribution < 1.29 is 26.3 Å². The summed E-state index contributed by atoms with van der Waals surface area (Å²) in [6, 6.07) is 12.4. The van der Waals surface area contributed by atoms with E-state index in [-0.39, 0.29) is 22.9 Å². The van der Waals surface area contributed by atoms with E-state index >= 15 is 0 Å². The number of anilines is 1. The van der Waals surface area contributed by atoms with Crippen LogP contribution in [-0.2, 0) is 11.3 Å².